The van der Waals surface area contributed by atoms with Crippen LogP contribution in [0, 0.1) is 13.8 Å². The van der Waals surface area contributed by atoms with E-state index in [1.165, 1.54) is 12.4 Å². The highest BCUT2D eigenvalue weighted by atomic mass is 16.3. The number of phenols is 2. The van der Waals surface area contributed by atoms with Gasteiger partial charge in [-0.05, 0) is 49.2 Å². The Morgan fingerprint density at radius 1 is 0.731 bits per heavy atom. The van der Waals surface area contributed by atoms with Crippen LogP contribution in [0.5, 0.6) is 11.5 Å². The Morgan fingerprint density at radius 3 is 1.42 bits per heavy atom. The molecule has 0 aliphatic carbocycles. The molecule has 0 saturated carbocycles. The number of carbonyl (C=O) groups excluding carboxylic acids is 2. The predicted molar refractivity (Wildman–Crippen MR) is 101 cm³/mol. The summed E-state index contributed by atoms with van der Waals surface area (Å²) in [7, 11) is 0. The number of rotatable bonds is 7. The molecule has 6 nitrogen and oxygen atoms in total. The lowest BCUT2D eigenvalue weighted by Gasteiger charge is -2.04. The molecule has 0 fully saturated rings. The summed E-state index contributed by atoms with van der Waals surface area (Å²) in [5, 5.41) is 19.9. The molecule has 0 saturated heterocycles. The SMILES string of the molecule is Cc1cc(C=O)c(O)c(C=NCCN=Cc2cc(C)cc(C=O)c2O)c1. The van der Waals surface area contributed by atoms with Crippen molar-refractivity contribution in [2.75, 3.05) is 13.1 Å². The summed E-state index contributed by atoms with van der Waals surface area (Å²) in [5.41, 5.74) is 3.11. The second-order valence-electron chi connectivity index (χ2n) is 5.89. The van der Waals surface area contributed by atoms with Crippen LogP contribution in [-0.4, -0.2) is 48.3 Å². The number of hydrogen-bond acceptors (Lipinski definition) is 6. The number of aromatic hydroxyl groups is 2. The molecule has 2 aromatic rings. The highest BCUT2D eigenvalue weighted by Gasteiger charge is 2.07. The largest absolute Gasteiger partial charge is 0.507 e. The second kappa shape index (κ2) is 8.71. The Bertz CT molecular complexity index is 812. The summed E-state index contributed by atoms with van der Waals surface area (Å²) in [6.07, 6.45) is 4.21. The molecule has 26 heavy (non-hydrogen) atoms. The first kappa shape index (κ1) is 19.1. The molecule has 134 valence electrons. The third-order valence-corrected chi connectivity index (χ3v) is 3.70. The van der Waals surface area contributed by atoms with Crippen molar-refractivity contribution in [2.24, 2.45) is 9.98 Å². The van der Waals surface area contributed by atoms with Crippen molar-refractivity contribution in [1.82, 2.24) is 0 Å². The first-order chi connectivity index (χ1) is 12.5. The summed E-state index contributed by atoms with van der Waals surface area (Å²) in [6, 6.07) is 6.68. The van der Waals surface area contributed by atoms with E-state index in [4.69, 9.17) is 0 Å². The van der Waals surface area contributed by atoms with Crippen LogP contribution in [0.2, 0.25) is 0 Å². The zero-order valence-electron chi connectivity index (χ0n) is 14.6. The van der Waals surface area contributed by atoms with Crippen molar-refractivity contribution < 1.29 is 19.8 Å². The van der Waals surface area contributed by atoms with Crippen molar-refractivity contribution >= 4 is 25.0 Å². The summed E-state index contributed by atoms with van der Waals surface area (Å²) in [4.78, 5) is 30.2. The molecule has 2 N–H and O–H groups in total. The van der Waals surface area contributed by atoms with Crippen LogP contribution in [0.1, 0.15) is 43.0 Å². The third-order valence-electron chi connectivity index (χ3n) is 3.70. The van der Waals surface area contributed by atoms with Gasteiger partial charge >= 0.3 is 0 Å². The van der Waals surface area contributed by atoms with Gasteiger partial charge in [-0.1, -0.05) is 0 Å². The first-order valence-electron chi connectivity index (χ1n) is 8.03. The van der Waals surface area contributed by atoms with Crippen molar-refractivity contribution in [2.45, 2.75) is 13.8 Å². The van der Waals surface area contributed by atoms with E-state index in [0.717, 1.165) is 11.1 Å². The van der Waals surface area contributed by atoms with Crippen LogP contribution in [0.3, 0.4) is 0 Å². The summed E-state index contributed by atoms with van der Waals surface area (Å²) < 4.78 is 0. The van der Waals surface area contributed by atoms with Crippen LogP contribution in [-0.2, 0) is 0 Å². The summed E-state index contributed by atoms with van der Waals surface area (Å²) in [6.45, 7) is 4.40. The smallest absolute Gasteiger partial charge is 0.153 e. The molecule has 6 heteroatoms. The van der Waals surface area contributed by atoms with Gasteiger partial charge in [-0.3, -0.25) is 19.6 Å². The number of nitrogens with zero attached hydrogens (tertiary/aromatic N) is 2. The molecule has 0 aromatic heterocycles. The lowest BCUT2D eigenvalue weighted by molar-refractivity contribution is 0.111. The lowest BCUT2D eigenvalue weighted by Crippen LogP contribution is -1.95. The quantitative estimate of drug-likeness (QED) is 0.455. The van der Waals surface area contributed by atoms with E-state index in [-0.39, 0.29) is 22.6 Å². The van der Waals surface area contributed by atoms with Gasteiger partial charge in [0.05, 0.1) is 24.2 Å². The zero-order chi connectivity index (χ0) is 19.1. The van der Waals surface area contributed by atoms with Gasteiger partial charge in [-0.2, -0.15) is 0 Å². The summed E-state index contributed by atoms with van der Waals surface area (Å²) >= 11 is 0. The minimum atomic E-state index is -0.0936. The fourth-order valence-corrected chi connectivity index (χ4v) is 2.49. The van der Waals surface area contributed by atoms with E-state index >= 15 is 0 Å². The van der Waals surface area contributed by atoms with Gasteiger partial charge in [0.1, 0.15) is 11.5 Å². The Balaban J connectivity index is 2.01. The van der Waals surface area contributed by atoms with E-state index in [9.17, 15) is 19.8 Å². The Kier molecular flexibility index (Phi) is 6.38. The van der Waals surface area contributed by atoms with Gasteiger partial charge in [0.2, 0.25) is 0 Å². The summed E-state index contributed by atoms with van der Waals surface area (Å²) in [5.74, 6) is -0.187. The Hall–Kier alpha value is -3.28. The number of aryl methyl sites for hydroxylation is 2. The monoisotopic (exact) mass is 352 g/mol. The van der Waals surface area contributed by atoms with Gasteiger partial charge in [0, 0.05) is 23.6 Å². The Labute approximate surface area is 151 Å². The zero-order valence-corrected chi connectivity index (χ0v) is 14.6. The van der Waals surface area contributed by atoms with Gasteiger partial charge in [-0.15, -0.1) is 0 Å². The van der Waals surface area contributed by atoms with E-state index in [1.807, 2.05) is 13.8 Å². The third kappa shape index (κ3) is 4.63. The fraction of sp³-hybridized carbons (Fsp3) is 0.200. The van der Waals surface area contributed by atoms with Crippen molar-refractivity contribution in [1.29, 1.82) is 0 Å². The molecule has 0 radical (unpaired) electrons. The number of aldehydes is 2. The van der Waals surface area contributed by atoms with Crippen molar-refractivity contribution in [3.63, 3.8) is 0 Å². The van der Waals surface area contributed by atoms with E-state index < -0.39 is 0 Å². The second-order valence-corrected chi connectivity index (χ2v) is 5.89. The standard InChI is InChI=1S/C20H20N2O4/c1-13-5-15(19(25)17(7-13)11-23)9-21-3-4-22-10-16-6-14(2)8-18(12-24)20(16)26/h5-12,25-26H,3-4H2,1-2H3. The molecule has 0 aliphatic heterocycles. The highest BCUT2D eigenvalue weighted by molar-refractivity contribution is 5.91. The van der Waals surface area contributed by atoms with Gasteiger partial charge in [0.25, 0.3) is 0 Å². The maximum atomic E-state index is 10.9. The Morgan fingerprint density at radius 2 is 1.08 bits per heavy atom. The highest BCUT2D eigenvalue weighted by Crippen LogP contribution is 2.22. The number of hydrogen-bond donors (Lipinski definition) is 2. The normalized spacial score (nSPS) is 11.3. The van der Waals surface area contributed by atoms with E-state index in [2.05, 4.69) is 9.98 Å². The molecule has 2 rings (SSSR count). The molecule has 2 aromatic carbocycles. The number of phenolic OH excluding ortho intramolecular Hbond substituents is 2. The minimum Gasteiger partial charge on any atom is -0.507 e. The molecule has 0 atom stereocenters. The molecule has 0 bridgehead atoms. The molecule has 0 spiro atoms. The number of carbonyl (C=O) groups is 2. The van der Waals surface area contributed by atoms with Gasteiger partial charge in [-0.25, -0.2) is 0 Å². The molecular formula is C20H20N2O4. The number of aliphatic imine (C=N–C) groups is 2. The molecule has 0 heterocycles. The van der Waals surface area contributed by atoms with Crippen LogP contribution < -0.4 is 0 Å². The molecular weight excluding hydrogens is 332 g/mol. The van der Waals surface area contributed by atoms with Gasteiger partial charge < -0.3 is 10.2 Å². The maximum absolute atomic E-state index is 10.9. The van der Waals surface area contributed by atoms with Crippen molar-refractivity contribution in [3.8, 4) is 11.5 Å². The average molecular weight is 352 g/mol. The maximum Gasteiger partial charge on any atom is 0.153 e. The predicted octanol–water partition coefficient (Wildman–Crippen LogP) is 2.88. The topological polar surface area (TPSA) is 99.3 Å². The van der Waals surface area contributed by atoms with E-state index in [1.54, 1.807) is 24.3 Å². The van der Waals surface area contributed by atoms with Gasteiger partial charge in [0.15, 0.2) is 12.6 Å². The minimum absolute atomic E-state index is 0.0936. The van der Waals surface area contributed by atoms with Crippen LogP contribution in [0.15, 0.2) is 34.3 Å². The van der Waals surface area contributed by atoms with Crippen molar-refractivity contribution in [3.05, 3.63) is 57.6 Å². The first-order valence-corrected chi connectivity index (χ1v) is 8.03. The fourth-order valence-electron chi connectivity index (χ4n) is 2.49. The number of benzene rings is 2. The molecule has 0 aliphatic rings. The lowest BCUT2D eigenvalue weighted by atomic mass is 10.1. The average Bonchev–Trinajstić information content (AvgIpc) is 2.62. The van der Waals surface area contributed by atoms with E-state index in [0.29, 0.717) is 36.8 Å². The van der Waals surface area contributed by atoms with Crippen LogP contribution in [0.4, 0.5) is 0 Å². The van der Waals surface area contributed by atoms with Crippen LogP contribution >= 0.6 is 0 Å². The molecule has 0 unspecified atom stereocenters. The molecule has 0 amide bonds. The van der Waals surface area contributed by atoms with Crippen LogP contribution in [0.25, 0.3) is 0 Å².